The largest absolute Gasteiger partial charge is 0.300 e. The smallest absolute Gasteiger partial charge is 0.291 e. The maximum Gasteiger partial charge on any atom is 0.291 e. The summed E-state index contributed by atoms with van der Waals surface area (Å²) in [4.78, 5) is 11.9. The fourth-order valence-corrected chi connectivity index (χ4v) is 3.75. The summed E-state index contributed by atoms with van der Waals surface area (Å²) in [6, 6.07) is 5.09. The molecule has 1 aromatic heterocycles. The monoisotopic (exact) mass is 432 g/mol. The predicted octanol–water partition coefficient (Wildman–Crippen LogP) is 3.39. The van der Waals surface area contributed by atoms with E-state index in [1.54, 1.807) is 39.0 Å². The van der Waals surface area contributed by atoms with Crippen LogP contribution < -0.4 is 10.0 Å². The van der Waals surface area contributed by atoms with Gasteiger partial charge in [0.15, 0.2) is 0 Å². The topological polar surface area (TPSA) is 101 Å². The van der Waals surface area contributed by atoms with Gasteiger partial charge in [-0.3, -0.25) is 9.52 Å². The van der Waals surface area contributed by atoms with Gasteiger partial charge in [-0.1, -0.05) is 48.0 Å². The molecule has 1 heterocycles. The van der Waals surface area contributed by atoms with Crippen LogP contribution in [-0.4, -0.2) is 24.5 Å². The lowest BCUT2D eigenvalue weighted by Crippen LogP contribution is -2.27. The minimum absolute atomic E-state index is 0.141. The van der Waals surface area contributed by atoms with Crippen molar-refractivity contribution in [3.8, 4) is 0 Å². The number of aromatic nitrogens is 2. The molecule has 2 aromatic rings. The van der Waals surface area contributed by atoms with Crippen LogP contribution in [0.25, 0.3) is 0 Å². The molecule has 0 aliphatic heterocycles. The lowest BCUT2D eigenvalue weighted by Gasteiger charge is -2.15. The van der Waals surface area contributed by atoms with Gasteiger partial charge in [0.25, 0.3) is 14.4 Å². The highest BCUT2D eigenvalue weighted by molar-refractivity contribution is 9.10. The first-order valence-electron chi connectivity index (χ1n) is 6.93. The number of nitrogens with zero attached hydrogens (tertiary/aromatic N) is 2. The second-order valence-electron chi connectivity index (χ2n) is 6.15. The van der Waals surface area contributed by atoms with Crippen LogP contribution in [0.4, 0.5) is 10.8 Å². The number of aryl methyl sites for hydroxylation is 1. The van der Waals surface area contributed by atoms with E-state index in [-0.39, 0.29) is 15.4 Å². The first kappa shape index (κ1) is 18.8. The van der Waals surface area contributed by atoms with Gasteiger partial charge in [-0.25, -0.2) is 0 Å². The molecule has 10 heteroatoms. The van der Waals surface area contributed by atoms with Gasteiger partial charge < -0.3 is 5.32 Å². The van der Waals surface area contributed by atoms with Gasteiger partial charge in [0.05, 0.1) is 0 Å². The van der Waals surface area contributed by atoms with Crippen LogP contribution in [0.2, 0.25) is 0 Å². The Hall–Kier alpha value is -1.52. The molecule has 130 valence electrons. The van der Waals surface area contributed by atoms with Crippen LogP contribution in [-0.2, 0) is 14.8 Å². The van der Waals surface area contributed by atoms with Crippen LogP contribution in [0.5, 0.6) is 0 Å². The van der Waals surface area contributed by atoms with E-state index in [1.807, 2.05) is 6.92 Å². The number of nitrogens with one attached hydrogen (secondary N) is 2. The number of anilines is 2. The molecule has 2 rings (SSSR count). The molecule has 0 aliphatic carbocycles. The normalized spacial score (nSPS) is 12.0. The van der Waals surface area contributed by atoms with Gasteiger partial charge >= 0.3 is 0 Å². The zero-order valence-electron chi connectivity index (χ0n) is 13.5. The molecule has 0 fully saturated rings. The highest BCUT2D eigenvalue weighted by Crippen LogP contribution is 2.26. The van der Waals surface area contributed by atoms with Crippen molar-refractivity contribution in [3.05, 3.63) is 28.2 Å². The number of sulfonamides is 1. The summed E-state index contributed by atoms with van der Waals surface area (Å²) < 4.78 is 27.8. The van der Waals surface area contributed by atoms with Gasteiger partial charge in [0, 0.05) is 15.6 Å². The van der Waals surface area contributed by atoms with Gasteiger partial charge in [-0.2, -0.15) is 8.42 Å². The summed E-state index contributed by atoms with van der Waals surface area (Å²) in [5, 5.41) is 10.1. The minimum atomic E-state index is -3.87. The number of rotatable bonds is 4. The third-order valence-corrected chi connectivity index (χ3v) is 6.43. The molecule has 0 atom stereocenters. The predicted molar refractivity (Wildman–Crippen MR) is 97.7 cm³/mol. The minimum Gasteiger partial charge on any atom is -0.300 e. The molecule has 1 aromatic carbocycles. The van der Waals surface area contributed by atoms with Crippen molar-refractivity contribution >= 4 is 54.0 Å². The Bertz CT molecular complexity index is 872. The Labute approximate surface area is 153 Å². The summed E-state index contributed by atoms with van der Waals surface area (Å²) in [6.45, 7) is 7.10. The first-order chi connectivity index (χ1) is 11.0. The highest BCUT2D eigenvalue weighted by atomic mass is 79.9. The number of hydrogen-bond acceptors (Lipinski definition) is 6. The maximum atomic E-state index is 12.4. The Kier molecular flexibility index (Phi) is 5.31. The fraction of sp³-hybridized carbons (Fsp3) is 0.357. The van der Waals surface area contributed by atoms with E-state index >= 15 is 0 Å². The van der Waals surface area contributed by atoms with E-state index in [9.17, 15) is 13.2 Å². The first-order valence-corrected chi connectivity index (χ1v) is 10.0. The fourth-order valence-electron chi connectivity index (χ4n) is 1.56. The average molecular weight is 433 g/mol. The summed E-state index contributed by atoms with van der Waals surface area (Å²) in [5.41, 5.74) is 0.703. The van der Waals surface area contributed by atoms with Crippen LogP contribution >= 0.6 is 27.3 Å². The van der Waals surface area contributed by atoms with Gasteiger partial charge in [-0.05, 0) is 30.7 Å². The van der Waals surface area contributed by atoms with E-state index in [1.165, 1.54) is 0 Å². The Morgan fingerprint density at radius 3 is 2.50 bits per heavy atom. The van der Waals surface area contributed by atoms with Crippen LogP contribution in [0, 0.1) is 12.3 Å². The van der Waals surface area contributed by atoms with Crippen molar-refractivity contribution in [3.63, 3.8) is 0 Å². The molecule has 2 N–H and O–H groups in total. The molecular formula is C14H17BrN4O3S2. The average Bonchev–Trinajstić information content (AvgIpc) is 2.91. The van der Waals surface area contributed by atoms with E-state index in [2.05, 4.69) is 36.2 Å². The molecule has 0 spiro atoms. The molecule has 24 heavy (non-hydrogen) atoms. The van der Waals surface area contributed by atoms with Crippen LogP contribution in [0.1, 0.15) is 26.3 Å². The van der Waals surface area contributed by atoms with E-state index < -0.39 is 15.4 Å². The molecular weight excluding hydrogens is 416 g/mol. The Morgan fingerprint density at radius 2 is 1.92 bits per heavy atom. The number of benzene rings is 1. The molecule has 0 saturated carbocycles. The van der Waals surface area contributed by atoms with Crippen molar-refractivity contribution in [1.82, 2.24) is 10.2 Å². The van der Waals surface area contributed by atoms with Crippen molar-refractivity contribution < 1.29 is 13.2 Å². The molecule has 1 amide bonds. The Morgan fingerprint density at radius 1 is 1.25 bits per heavy atom. The number of hydrogen-bond donors (Lipinski definition) is 2. The number of carbonyl (C=O) groups is 1. The summed E-state index contributed by atoms with van der Waals surface area (Å²) in [7, 11) is -3.87. The molecule has 0 saturated heterocycles. The van der Waals surface area contributed by atoms with Crippen LogP contribution in [0.3, 0.4) is 0 Å². The van der Waals surface area contributed by atoms with Crippen molar-refractivity contribution in [2.24, 2.45) is 5.41 Å². The second-order valence-corrected chi connectivity index (χ2v) is 9.83. The molecule has 0 unspecified atom stereocenters. The molecule has 0 radical (unpaired) electrons. The third kappa shape index (κ3) is 4.52. The lowest BCUT2D eigenvalue weighted by atomic mass is 9.96. The van der Waals surface area contributed by atoms with Gasteiger partial charge in [-0.15, -0.1) is 10.2 Å². The lowest BCUT2D eigenvalue weighted by molar-refractivity contribution is -0.123. The quantitative estimate of drug-likeness (QED) is 0.720. The summed E-state index contributed by atoms with van der Waals surface area (Å²) in [5.74, 6) is -0.265. The molecule has 0 aliphatic rings. The zero-order chi connectivity index (χ0) is 18.1. The van der Waals surface area contributed by atoms with Gasteiger partial charge in [0.1, 0.15) is 0 Å². The van der Waals surface area contributed by atoms with Crippen LogP contribution in [0.15, 0.2) is 27.0 Å². The standard InChI is InChI=1S/C14H17BrN4O3S2/c1-8-7-9(5-6-10(8)15)19-24(21,22)13-18-17-12(23-13)16-11(20)14(2,3)4/h5-7,19H,1-4H3,(H,16,17,20). The second kappa shape index (κ2) is 6.77. The van der Waals surface area contributed by atoms with E-state index in [0.29, 0.717) is 5.69 Å². The summed E-state index contributed by atoms with van der Waals surface area (Å²) in [6.07, 6.45) is 0. The molecule has 7 nitrogen and oxygen atoms in total. The highest BCUT2D eigenvalue weighted by Gasteiger charge is 2.25. The SMILES string of the molecule is Cc1cc(NS(=O)(=O)c2nnc(NC(=O)C(C)(C)C)s2)ccc1Br. The van der Waals surface area contributed by atoms with Crippen molar-refractivity contribution in [2.75, 3.05) is 10.0 Å². The van der Waals surface area contributed by atoms with E-state index in [4.69, 9.17) is 0 Å². The summed E-state index contributed by atoms with van der Waals surface area (Å²) >= 11 is 4.16. The van der Waals surface area contributed by atoms with E-state index in [0.717, 1.165) is 21.4 Å². The third-order valence-electron chi connectivity index (χ3n) is 2.95. The van der Waals surface area contributed by atoms with Crippen molar-refractivity contribution in [2.45, 2.75) is 32.0 Å². The van der Waals surface area contributed by atoms with Crippen molar-refractivity contribution in [1.29, 1.82) is 0 Å². The maximum absolute atomic E-state index is 12.4. The Balaban J connectivity index is 2.18. The van der Waals surface area contributed by atoms with Gasteiger partial charge in [0.2, 0.25) is 11.0 Å². The number of halogens is 1. The zero-order valence-corrected chi connectivity index (χ0v) is 16.8. The number of carbonyl (C=O) groups excluding carboxylic acids is 1. The molecule has 0 bridgehead atoms. The number of amides is 1.